The second kappa shape index (κ2) is 4.80. The summed E-state index contributed by atoms with van der Waals surface area (Å²) in [6, 6.07) is 0.0879. The van der Waals surface area contributed by atoms with Crippen LogP contribution in [0.25, 0.3) is 0 Å². The molecule has 20 heavy (non-hydrogen) atoms. The van der Waals surface area contributed by atoms with Gasteiger partial charge in [-0.3, -0.25) is 0 Å². The van der Waals surface area contributed by atoms with Crippen LogP contribution in [0.15, 0.2) is 11.6 Å². The minimum absolute atomic E-state index is 0.0351. The number of hydrogen-bond donors (Lipinski definition) is 1. The Morgan fingerprint density at radius 2 is 2.15 bits per heavy atom. The van der Waals surface area contributed by atoms with E-state index in [9.17, 15) is 0 Å². The first-order valence-corrected chi connectivity index (χ1v) is 7.66. The number of epoxide rings is 2. The van der Waals surface area contributed by atoms with Crippen LogP contribution in [-0.2, 0) is 14.2 Å². The first-order valence-electron chi connectivity index (χ1n) is 7.66. The number of methoxy groups -OCH3 is 1. The van der Waals surface area contributed by atoms with Crippen LogP contribution in [0.3, 0.4) is 0 Å². The minimum Gasteiger partial charge on any atom is -0.379 e. The molecule has 0 bridgehead atoms. The zero-order chi connectivity index (χ0) is 14.5. The van der Waals surface area contributed by atoms with E-state index < -0.39 is 0 Å². The largest absolute Gasteiger partial charge is 0.379 e. The molecule has 3 aliphatic rings. The molecule has 1 unspecified atom stereocenters. The van der Waals surface area contributed by atoms with Gasteiger partial charge in [0.05, 0.1) is 24.4 Å². The molecular formula is C16H27NO3. The lowest BCUT2D eigenvalue weighted by Gasteiger charge is -2.42. The highest BCUT2D eigenvalue weighted by molar-refractivity contribution is 5.21. The van der Waals surface area contributed by atoms with Crippen molar-refractivity contribution in [2.75, 3.05) is 13.7 Å². The van der Waals surface area contributed by atoms with Gasteiger partial charge in [-0.05, 0) is 40.0 Å². The van der Waals surface area contributed by atoms with Crippen molar-refractivity contribution in [3.8, 4) is 0 Å². The molecule has 2 saturated heterocycles. The summed E-state index contributed by atoms with van der Waals surface area (Å²) >= 11 is 0. The predicted octanol–water partition coefficient (Wildman–Crippen LogP) is 2.02. The Hall–Kier alpha value is -0.420. The van der Waals surface area contributed by atoms with Gasteiger partial charge in [-0.1, -0.05) is 11.6 Å². The van der Waals surface area contributed by atoms with E-state index in [1.807, 2.05) is 0 Å². The van der Waals surface area contributed by atoms with Gasteiger partial charge in [-0.25, -0.2) is 0 Å². The van der Waals surface area contributed by atoms with E-state index in [2.05, 4.69) is 26.8 Å². The third kappa shape index (κ3) is 2.23. The zero-order valence-corrected chi connectivity index (χ0v) is 13.0. The maximum Gasteiger partial charge on any atom is 0.101 e. The molecule has 0 aromatic carbocycles. The summed E-state index contributed by atoms with van der Waals surface area (Å²) in [6.45, 7) is 7.28. The highest BCUT2D eigenvalue weighted by Gasteiger charge is 2.71. The van der Waals surface area contributed by atoms with Gasteiger partial charge in [0.25, 0.3) is 0 Å². The van der Waals surface area contributed by atoms with Crippen LogP contribution in [0.4, 0.5) is 0 Å². The zero-order valence-electron chi connectivity index (χ0n) is 13.0. The van der Waals surface area contributed by atoms with Crippen molar-refractivity contribution < 1.29 is 14.2 Å². The molecule has 6 atom stereocenters. The van der Waals surface area contributed by atoms with Crippen LogP contribution < -0.4 is 5.73 Å². The van der Waals surface area contributed by atoms with Gasteiger partial charge in [0.1, 0.15) is 5.60 Å². The molecule has 4 nitrogen and oxygen atoms in total. The maximum atomic E-state index is 6.27. The molecular weight excluding hydrogens is 254 g/mol. The molecule has 4 heteroatoms. The van der Waals surface area contributed by atoms with Crippen LogP contribution in [0, 0.1) is 5.92 Å². The normalized spacial score (nSPS) is 50.0. The predicted molar refractivity (Wildman–Crippen MR) is 77.5 cm³/mol. The summed E-state index contributed by atoms with van der Waals surface area (Å²) in [5.74, 6) is 0.249. The number of ether oxygens (including phenoxy) is 3. The van der Waals surface area contributed by atoms with Crippen molar-refractivity contribution in [2.24, 2.45) is 11.7 Å². The molecule has 1 aliphatic carbocycles. The first kappa shape index (κ1) is 14.5. The Morgan fingerprint density at radius 3 is 2.70 bits per heavy atom. The number of allylic oxidation sites excluding steroid dienone is 1. The second-order valence-electron chi connectivity index (χ2n) is 7.04. The molecule has 0 aromatic heterocycles. The molecule has 3 fully saturated rings. The van der Waals surface area contributed by atoms with Crippen molar-refractivity contribution in [2.45, 2.75) is 69.5 Å². The van der Waals surface area contributed by atoms with Crippen molar-refractivity contribution in [3.05, 3.63) is 11.6 Å². The van der Waals surface area contributed by atoms with Gasteiger partial charge >= 0.3 is 0 Å². The van der Waals surface area contributed by atoms with Crippen molar-refractivity contribution in [1.82, 2.24) is 0 Å². The lowest BCUT2D eigenvalue weighted by Crippen LogP contribution is -2.57. The van der Waals surface area contributed by atoms with E-state index in [4.69, 9.17) is 19.9 Å². The third-order valence-corrected chi connectivity index (χ3v) is 5.34. The molecule has 2 N–H and O–H groups in total. The summed E-state index contributed by atoms with van der Waals surface area (Å²) in [6.07, 6.45) is 5.54. The Kier molecular flexibility index (Phi) is 3.49. The van der Waals surface area contributed by atoms with Crippen molar-refractivity contribution >= 4 is 0 Å². The lowest BCUT2D eigenvalue weighted by molar-refractivity contribution is -0.0601. The number of rotatable bonds is 4. The molecule has 2 heterocycles. The maximum absolute atomic E-state index is 6.27. The van der Waals surface area contributed by atoms with Crippen LogP contribution in [0.2, 0.25) is 0 Å². The van der Waals surface area contributed by atoms with E-state index in [1.54, 1.807) is 7.11 Å². The quantitative estimate of drug-likeness (QED) is 0.632. The van der Waals surface area contributed by atoms with Crippen LogP contribution in [0.5, 0.6) is 0 Å². The van der Waals surface area contributed by atoms with Crippen LogP contribution >= 0.6 is 0 Å². The molecule has 0 amide bonds. The van der Waals surface area contributed by atoms with Crippen LogP contribution in [0.1, 0.15) is 40.0 Å². The number of nitrogens with two attached hydrogens (primary N) is 1. The van der Waals surface area contributed by atoms with E-state index in [1.165, 1.54) is 5.57 Å². The highest BCUT2D eigenvalue weighted by Crippen LogP contribution is 2.59. The second-order valence-corrected chi connectivity index (χ2v) is 7.04. The van der Waals surface area contributed by atoms with Crippen molar-refractivity contribution in [3.63, 3.8) is 0 Å². The van der Waals surface area contributed by atoms with Gasteiger partial charge in [0.2, 0.25) is 0 Å². The summed E-state index contributed by atoms with van der Waals surface area (Å²) in [7, 11) is 1.76. The minimum atomic E-state index is -0.152. The molecule has 1 saturated carbocycles. The van der Waals surface area contributed by atoms with Crippen molar-refractivity contribution in [1.29, 1.82) is 0 Å². The summed E-state index contributed by atoms with van der Waals surface area (Å²) in [5, 5.41) is 0. The average Bonchev–Trinajstić information content (AvgIpc) is 3.29. The molecule has 0 aromatic rings. The Balaban J connectivity index is 1.78. The summed E-state index contributed by atoms with van der Waals surface area (Å²) in [4.78, 5) is 0. The highest BCUT2D eigenvalue weighted by atomic mass is 16.6. The number of hydrogen-bond acceptors (Lipinski definition) is 4. The van der Waals surface area contributed by atoms with Gasteiger partial charge in [0, 0.05) is 19.1 Å². The third-order valence-electron chi connectivity index (χ3n) is 5.34. The SMILES string of the molecule is CO[C@@H]1[C@H](N)CC[C@]2(CO2)[C@H]1C1(C)O[C@@H]1CC=C(C)C. The summed E-state index contributed by atoms with van der Waals surface area (Å²) in [5.41, 5.74) is 7.42. The van der Waals surface area contributed by atoms with E-state index >= 15 is 0 Å². The fraction of sp³-hybridized carbons (Fsp3) is 0.875. The smallest absolute Gasteiger partial charge is 0.101 e. The fourth-order valence-electron chi connectivity index (χ4n) is 4.02. The Morgan fingerprint density at radius 1 is 1.45 bits per heavy atom. The first-order chi connectivity index (χ1) is 9.43. The summed E-state index contributed by atoms with van der Waals surface area (Å²) < 4.78 is 17.7. The monoisotopic (exact) mass is 281 g/mol. The molecule has 1 spiro atoms. The molecule has 2 aliphatic heterocycles. The van der Waals surface area contributed by atoms with Gasteiger partial charge in [0.15, 0.2) is 0 Å². The van der Waals surface area contributed by atoms with E-state index in [0.717, 1.165) is 25.9 Å². The Labute approximate surface area is 121 Å². The molecule has 0 radical (unpaired) electrons. The fourth-order valence-corrected chi connectivity index (χ4v) is 4.02. The van der Waals surface area contributed by atoms with Gasteiger partial charge in [-0.2, -0.15) is 0 Å². The van der Waals surface area contributed by atoms with Gasteiger partial charge in [-0.15, -0.1) is 0 Å². The topological polar surface area (TPSA) is 60.3 Å². The molecule has 114 valence electrons. The lowest BCUT2D eigenvalue weighted by atomic mass is 9.67. The van der Waals surface area contributed by atoms with Gasteiger partial charge < -0.3 is 19.9 Å². The standard InChI is InChI=1S/C16H27NO3/c1-10(2)5-6-12-15(3,20-12)14-13(18-4)11(17)7-8-16(14)9-19-16/h5,11-14H,6-9,17H2,1-4H3/t11-,12-,13-,14-,15?,16+/m1/s1. The van der Waals surface area contributed by atoms with Crippen LogP contribution in [-0.4, -0.2) is 43.2 Å². The molecule has 3 rings (SSSR count). The van der Waals surface area contributed by atoms with E-state index in [-0.39, 0.29) is 35.4 Å². The van der Waals surface area contributed by atoms with E-state index in [0.29, 0.717) is 0 Å². The average molecular weight is 281 g/mol. The Bertz CT molecular complexity index is 414.